The van der Waals surface area contributed by atoms with Crippen LogP contribution in [0.3, 0.4) is 0 Å². The molecule has 0 fully saturated rings. The summed E-state index contributed by atoms with van der Waals surface area (Å²) in [6.45, 7) is 1.70. The highest BCUT2D eigenvalue weighted by Gasteiger charge is 2.14. The average molecular weight is 561 g/mol. The molecule has 0 radical (unpaired) electrons. The van der Waals surface area contributed by atoms with Crippen LogP contribution in [-0.4, -0.2) is 39.1 Å². The van der Waals surface area contributed by atoms with Crippen LogP contribution >= 0.6 is 11.6 Å². The molecule has 2 N–H and O–H groups in total. The molecule has 2 aromatic heterocycles. The van der Waals surface area contributed by atoms with Crippen molar-refractivity contribution in [2.75, 3.05) is 23.6 Å². The molecule has 0 atom stereocenters. The number of nitrogens with zero attached hydrogens (tertiary/aromatic N) is 4. The van der Waals surface area contributed by atoms with Gasteiger partial charge < -0.3 is 24.5 Å². The Balaban J connectivity index is 1.38. The second kappa shape index (κ2) is 11.8. The minimum absolute atomic E-state index is 0.161. The predicted octanol–water partition coefficient (Wildman–Crippen LogP) is 6.41. The zero-order chi connectivity index (χ0) is 28.1. The van der Waals surface area contributed by atoms with E-state index in [1.165, 1.54) is 37.7 Å². The first-order valence-corrected chi connectivity index (χ1v) is 12.5. The third kappa shape index (κ3) is 6.00. The van der Waals surface area contributed by atoms with E-state index in [0.29, 0.717) is 51.3 Å². The molecule has 10 nitrogen and oxygen atoms in total. The fourth-order valence-corrected chi connectivity index (χ4v) is 3.90. The molecule has 0 unspecified atom stereocenters. The minimum atomic E-state index is -0.568. The number of amides is 1. The number of carbonyl (C=O) groups is 1. The molecule has 0 aliphatic heterocycles. The van der Waals surface area contributed by atoms with Crippen molar-refractivity contribution < 1.29 is 23.1 Å². The van der Waals surface area contributed by atoms with Gasteiger partial charge in [-0.05, 0) is 36.4 Å². The molecule has 0 saturated heterocycles. The maximum absolute atomic E-state index is 15.2. The Hall–Kier alpha value is -5.03. The van der Waals surface area contributed by atoms with Crippen molar-refractivity contribution in [2.24, 2.45) is 0 Å². The summed E-state index contributed by atoms with van der Waals surface area (Å²) in [5.74, 6) is 1.54. The lowest BCUT2D eigenvalue weighted by molar-refractivity contribution is -0.111. The van der Waals surface area contributed by atoms with Crippen LogP contribution in [0.25, 0.3) is 22.4 Å². The van der Waals surface area contributed by atoms with Gasteiger partial charge in [-0.3, -0.25) is 4.79 Å². The summed E-state index contributed by atoms with van der Waals surface area (Å²) in [7, 11) is 1.48. The van der Waals surface area contributed by atoms with Gasteiger partial charge in [0.15, 0.2) is 0 Å². The summed E-state index contributed by atoms with van der Waals surface area (Å²) < 4.78 is 31.9. The number of alkyl halides is 1. The highest BCUT2D eigenvalue weighted by molar-refractivity contribution is 6.19. The van der Waals surface area contributed by atoms with Crippen LogP contribution in [0, 0.1) is 12.7 Å². The number of ether oxygens (including phenoxy) is 2. The van der Waals surface area contributed by atoms with Crippen LogP contribution in [0.1, 0.15) is 5.89 Å². The van der Waals surface area contributed by atoms with Crippen molar-refractivity contribution in [2.45, 2.75) is 6.92 Å². The van der Waals surface area contributed by atoms with Gasteiger partial charge in [0.25, 0.3) is 0 Å². The molecule has 1 amide bonds. The Morgan fingerprint density at radius 2 is 1.93 bits per heavy atom. The minimum Gasteiger partial charge on any atom is -0.494 e. The first kappa shape index (κ1) is 26.6. The number of methoxy groups -OCH3 is 1. The normalized spacial score (nSPS) is 11.1. The number of rotatable bonds is 9. The number of nitrogens with one attached hydrogen (secondary N) is 2. The molecule has 0 saturated carbocycles. The predicted molar refractivity (Wildman–Crippen MR) is 149 cm³/mol. The van der Waals surface area contributed by atoms with Gasteiger partial charge in [0, 0.05) is 42.0 Å². The van der Waals surface area contributed by atoms with Crippen LogP contribution < -0.4 is 20.1 Å². The highest BCUT2D eigenvalue weighted by atomic mass is 35.5. The molecule has 5 aromatic rings. The number of allylic oxidation sites excluding steroid dienone is 1. The number of aromatic nitrogens is 4. The molecule has 0 aliphatic rings. The van der Waals surface area contributed by atoms with Gasteiger partial charge in [0.05, 0.1) is 24.0 Å². The van der Waals surface area contributed by atoms with Crippen molar-refractivity contribution in [1.82, 2.24) is 20.2 Å². The Kier molecular flexibility index (Phi) is 7.83. The molecule has 0 bridgehead atoms. The third-order valence-electron chi connectivity index (χ3n) is 5.61. The average Bonchev–Trinajstić information content (AvgIpc) is 3.39. The van der Waals surface area contributed by atoms with Gasteiger partial charge in [-0.15, -0.1) is 21.8 Å². The summed E-state index contributed by atoms with van der Waals surface area (Å²) in [5, 5.41) is 14.1. The Bertz CT molecular complexity index is 1720. The van der Waals surface area contributed by atoms with Gasteiger partial charge in [0.1, 0.15) is 35.2 Å². The number of hydrogen-bond donors (Lipinski definition) is 2. The summed E-state index contributed by atoms with van der Waals surface area (Å²) in [5.41, 5.74) is 1.75. The van der Waals surface area contributed by atoms with Gasteiger partial charge in [-0.2, -0.15) is 0 Å². The van der Waals surface area contributed by atoms with Crippen molar-refractivity contribution in [3.05, 3.63) is 84.8 Å². The quantitative estimate of drug-likeness (QED) is 0.155. The van der Waals surface area contributed by atoms with Crippen LogP contribution in [0.4, 0.5) is 21.6 Å². The van der Waals surface area contributed by atoms with Crippen molar-refractivity contribution in [3.63, 3.8) is 0 Å². The molecule has 40 heavy (non-hydrogen) atoms. The van der Waals surface area contributed by atoms with Crippen LogP contribution in [0.15, 0.2) is 77.5 Å². The number of anilines is 3. The van der Waals surface area contributed by atoms with E-state index < -0.39 is 5.82 Å². The SMILES string of the molecule is COc1cc2ncnc(Nc3ccc(Oc4cccc(-c5nnc(C)o5)c4)cc3F)c2cc1NC(=O)/C=C/CCl. The van der Waals surface area contributed by atoms with Crippen LogP contribution in [0.2, 0.25) is 0 Å². The fraction of sp³-hybridized carbons (Fsp3) is 0.107. The first-order chi connectivity index (χ1) is 19.4. The number of aryl methyl sites for hydroxylation is 1. The molecule has 2 heterocycles. The molecule has 202 valence electrons. The fourth-order valence-electron chi connectivity index (χ4n) is 3.81. The maximum atomic E-state index is 15.2. The summed E-state index contributed by atoms with van der Waals surface area (Å²) in [6.07, 6.45) is 4.18. The zero-order valence-electron chi connectivity index (χ0n) is 21.3. The topological polar surface area (TPSA) is 124 Å². The second-order valence-corrected chi connectivity index (χ2v) is 8.67. The largest absolute Gasteiger partial charge is 0.494 e. The van der Waals surface area contributed by atoms with Gasteiger partial charge in [-0.1, -0.05) is 12.1 Å². The monoisotopic (exact) mass is 560 g/mol. The van der Waals surface area contributed by atoms with Crippen LogP contribution in [0.5, 0.6) is 17.2 Å². The Morgan fingerprint density at radius 3 is 2.67 bits per heavy atom. The molecular weight excluding hydrogens is 539 g/mol. The lowest BCUT2D eigenvalue weighted by Gasteiger charge is -2.14. The lowest BCUT2D eigenvalue weighted by atomic mass is 10.1. The first-order valence-electron chi connectivity index (χ1n) is 11.9. The summed E-state index contributed by atoms with van der Waals surface area (Å²) >= 11 is 5.61. The Labute approximate surface area is 232 Å². The maximum Gasteiger partial charge on any atom is 0.248 e. The number of hydrogen-bond acceptors (Lipinski definition) is 9. The number of halogens is 2. The van der Waals surface area contributed by atoms with Crippen molar-refractivity contribution in [3.8, 4) is 28.7 Å². The van der Waals surface area contributed by atoms with Crippen molar-refractivity contribution in [1.29, 1.82) is 0 Å². The highest BCUT2D eigenvalue weighted by Crippen LogP contribution is 2.34. The third-order valence-corrected chi connectivity index (χ3v) is 5.79. The van der Waals surface area contributed by atoms with Gasteiger partial charge in [0.2, 0.25) is 17.7 Å². The summed E-state index contributed by atoms with van der Waals surface area (Å²) in [4.78, 5) is 20.8. The smallest absolute Gasteiger partial charge is 0.248 e. The molecule has 5 rings (SSSR count). The number of fused-ring (bicyclic) bond motifs is 1. The van der Waals surface area contributed by atoms with Gasteiger partial charge >= 0.3 is 0 Å². The summed E-state index contributed by atoms with van der Waals surface area (Å²) in [6, 6.07) is 14.8. The van der Waals surface area contributed by atoms with Crippen LogP contribution in [-0.2, 0) is 4.79 Å². The van der Waals surface area contributed by atoms with E-state index in [4.69, 9.17) is 25.5 Å². The van der Waals surface area contributed by atoms with E-state index in [1.54, 1.807) is 43.3 Å². The van der Waals surface area contributed by atoms with E-state index in [-0.39, 0.29) is 23.2 Å². The van der Waals surface area contributed by atoms with E-state index in [1.807, 2.05) is 6.07 Å². The molecule has 3 aromatic carbocycles. The molecule has 12 heteroatoms. The van der Waals surface area contributed by atoms with E-state index in [0.717, 1.165) is 0 Å². The molecule has 0 aliphatic carbocycles. The number of benzene rings is 3. The molecule has 0 spiro atoms. The lowest BCUT2D eigenvalue weighted by Crippen LogP contribution is -2.09. The van der Waals surface area contributed by atoms with Gasteiger partial charge in [-0.25, -0.2) is 14.4 Å². The second-order valence-electron chi connectivity index (χ2n) is 8.36. The van der Waals surface area contributed by atoms with E-state index >= 15 is 4.39 Å². The number of carbonyl (C=O) groups excluding carboxylic acids is 1. The standard InChI is InChI=1S/C28H22ClFN6O4/c1-16-35-36-28(39-16)17-5-3-6-18(11-17)40-19-8-9-22(21(30)12-19)34-27-20-13-24(33-26(37)7-4-10-29)25(38-2)14-23(20)31-15-32-27/h3-9,11-15H,10H2,1-2H3,(H,33,37)(H,31,32,34)/b7-4+. The zero-order valence-corrected chi connectivity index (χ0v) is 22.1. The molecular formula is C28H22ClFN6O4. The van der Waals surface area contributed by atoms with E-state index in [9.17, 15) is 4.79 Å². The van der Waals surface area contributed by atoms with Crippen molar-refractivity contribution >= 4 is 45.6 Å². The Morgan fingerprint density at radius 1 is 1.07 bits per heavy atom. The van der Waals surface area contributed by atoms with E-state index in [2.05, 4.69) is 30.8 Å².